The number of aromatic nitrogens is 4. The molecule has 1 aromatic carbocycles. The Balaban J connectivity index is 1.52. The van der Waals surface area contributed by atoms with Gasteiger partial charge >= 0.3 is 0 Å². The van der Waals surface area contributed by atoms with Gasteiger partial charge in [0.2, 0.25) is 0 Å². The van der Waals surface area contributed by atoms with E-state index in [2.05, 4.69) is 86.3 Å². The number of aryl methyl sites for hydroxylation is 1. The van der Waals surface area contributed by atoms with Crippen molar-refractivity contribution in [3.05, 3.63) is 71.8 Å². The van der Waals surface area contributed by atoms with Crippen LogP contribution in [0.15, 0.2) is 49.1 Å². The molecule has 0 saturated heterocycles. The quantitative estimate of drug-likeness (QED) is 0.261. The van der Waals surface area contributed by atoms with Crippen molar-refractivity contribution < 1.29 is 0 Å². The lowest BCUT2D eigenvalue weighted by molar-refractivity contribution is 0.232. The van der Waals surface area contributed by atoms with Gasteiger partial charge in [0.05, 0.1) is 13.1 Å². The predicted octanol–water partition coefficient (Wildman–Crippen LogP) is 5.24. The van der Waals surface area contributed by atoms with E-state index in [4.69, 9.17) is 0 Å². The van der Waals surface area contributed by atoms with Gasteiger partial charge < -0.3 is 14.5 Å². The Hall–Kier alpha value is -2.48. The highest BCUT2D eigenvalue weighted by Crippen LogP contribution is 2.21. The highest BCUT2D eigenvalue weighted by atomic mass is 15.2. The molecule has 0 amide bonds. The first kappa shape index (κ1) is 28.1. The van der Waals surface area contributed by atoms with Crippen molar-refractivity contribution in [3.63, 3.8) is 0 Å². The first-order chi connectivity index (χ1) is 17.5. The molecule has 7 nitrogen and oxygen atoms in total. The minimum atomic E-state index is 0.410. The molecular weight excluding hydrogens is 446 g/mol. The number of hydrogen-bond donors (Lipinski definition) is 1. The molecule has 1 N–H and O–H groups in total. The van der Waals surface area contributed by atoms with Gasteiger partial charge in [0.1, 0.15) is 11.6 Å². The maximum atomic E-state index is 4.52. The van der Waals surface area contributed by atoms with Crippen molar-refractivity contribution >= 4 is 0 Å². The number of aromatic amines is 1. The molecule has 7 heteroatoms. The van der Waals surface area contributed by atoms with Crippen molar-refractivity contribution in [1.82, 2.24) is 34.2 Å². The molecule has 0 radical (unpaired) electrons. The molecule has 3 aromatic rings. The van der Waals surface area contributed by atoms with Gasteiger partial charge in [-0.05, 0) is 77.0 Å². The van der Waals surface area contributed by atoms with E-state index in [1.54, 1.807) is 0 Å². The second-order valence-corrected chi connectivity index (χ2v) is 10.1. The van der Waals surface area contributed by atoms with Crippen molar-refractivity contribution in [3.8, 4) is 0 Å². The first-order valence-electron chi connectivity index (χ1n) is 13.7. The Morgan fingerprint density at radius 3 is 2.19 bits per heavy atom. The molecule has 0 fully saturated rings. The van der Waals surface area contributed by atoms with Crippen molar-refractivity contribution in [2.24, 2.45) is 7.05 Å². The third-order valence-electron chi connectivity index (χ3n) is 7.06. The molecule has 3 rings (SSSR count). The van der Waals surface area contributed by atoms with Crippen molar-refractivity contribution in [2.45, 2.75) is 72.1 Å². The summed E-state index contributed by atoms with van der Waals surface area (Å²) in [6.07, 6.45) is 12.6. The molecule has 2 heterocycles. The fraction of sp³-hybridized carbons (Fsp3) is 0.586. The van der Waals surface area contributed by atoms with E-state index in [-0.39, 0.29) is 0 Å². The van der Waals surface area contributed by atoms with Crippen LogP contribution < -0.4 is 0 Å². The van der Waals surface area contributed by atoms with Gasteiger partial charge in [-0.3, -0.25) is 9.80 Å². The Morgan fingerprint density at radius 1 is 0.861 bits per heavy atom. The monoisotopic (exact) mass is 493 g/mol. The van der Waals surface area contributed by atoms with Crippen LogP contribution in [0.3, 0.4) is 0 Å². The minimum absolute atomic E-state index is 0.410. The maximum Gasteiger partial charge on any atom is 0.122 e. The summed E-state index contributed by atoms with van der Waals surface area (Å²) in [5.74, 6) is 2.03. The van der Waals surface area contributed by atoms with Crippen LogP contribution >= 0.6 is 0 Å². The molecule has 0 spiro atoms. The standard InChI is InChI=1S/C29H47N7/c1-6-17-35(18-7-2)20-9-8-19-33(4)25(3)27-12-10-26(11-13-27)22-36(23-28-30-14-15-31-28)24-29-32-16-21-34(29)5/h10-16,21,25H,6-9,17-20,22-24H2,1-5H3,(H,30,31). The lowest BCUT2D eigenvalue weighted by Gasteiger charge is -2.26. The molecule has 36 heavy (non-hydrogen) atoms. The molecule has 0 saturated carbocycles. The van der Waals surface area contributed by atoms with Gasteiger partial charge in [0.15, 0.2) is 0 Å². The topological polar surface area (TPSA) is 56.2 Å². The molecule has 2 aromatic heterocycles. The van der Waals surface area contributed by atoms with Crippen LogP contribution in [-0.2, 0) is 26.7 Å². The number of benzene rings is 1. The Labute approximate surface area is 218 Å². The molecule has 1 atom stereocenters. The maximum absolute atomic E-state index is 4.52. The zero-order valence-corrected chi connectivity index (χ0v) is 23.2. The second-order valence-electron chi connectivity index (χ2n) is 10.1. The SMILES string of the molecule is CCCN(CCC)CCCCN(C)C(C)c1ccc(CN(Cc2ncc[nH]2)Cc2nccn2C)cc1. The average molecular weight is 494 g/mol. The van der Waals surface area contributed by atoms with Crippen LogP contribution in [0.25, 0.3) is 0 Å². The molecule has 198 valence electrons. The summed E-state index contributed by atoms with van der Waals surface area (Å²) in [4.78, 5) is 19.7. The Bertz CT molecular complexity index is 958. The summed E-state index contributed by atoms with van der Waals surface area (Å²) in [5.41, 5.74) is 2.68. The van der Waals surface area contributed by atoms with Crippen molar-refractivity contribution in [1.29, 1.82) is 0 Å². The van der Waals surface area contributed by atoms with Gasteiger partial charge in [0.25, 0.3) is 0 Å². The van der Waals surface area contributed by atoms with Gasteiger partial charge in [-0.25, -0.2) is 9.97 Å². The summed E-state index contributed by atoms with van der Waals surface area (Å²) in [6.45, 7) is 14.1. The predicted molar refractivity (Wildman–Crippen MR) is 148 cm³/mol. The number of rotatable bonds is 17. The highest BCUT2D eigenvalue weighted by Gasteiger charge is 2.15. The number of nitrogens with one attached hydrogen (secondary N) is 1. The van der Waals surface area contributed by atoms with Gasteiger partial charge in [0, 0.05) is 44.4 Å². The first-order valence-corrected chi connectivity index (χ1v) is 13.7. The highest BCUT2D eigenvalue weighted by molar-refractivity contribution is 5.25. The zero-order valence-electron chi connectivity index (χ0n) is 23.2. The van der Waals surface area contributed by atoms with Crippen LogP contribution in [0, 0.1) is 0 Å². The summed E-state index contributed by atoms with van der Waals surface area (Å²) in [7, 11) is 4.30. The third-order valence-corrected chi connectivity index (χ3v) is 7.06. The van der Waals surface area contributed by atoms with Crippen LogP contribution in [0.4, 0.5) is 0 Å². The van der Waals surface area contributed by atoms with Crippen LogP contribution in [0.2, 0.25) is 0 Å². The van der Waals surface area contributed by atoms with Crippen molar-refractivity contribution in [2.75, 3.05) is 33.2 Å². The van der Waals surface area contributed by atoms with E-state index in [1.807, 2.05) is 31.8 Å². The third kappa shape index (κ3) is 8.87. The van der Waals surface area contributed by atoms with E-state index in [0.717, 1.165) is 37.8 Å². The minimum Gasteiger partial charge on any atom is -0.348 e. The number of H-pyrrole nitrogens is 1. The molecule has 1 unspecified atom stereocenters. The van der Waals surface area contributed by atoms with E-state index in [9.17, 15) is 0 Å². The average Bonchev–Trinajstić information content (AvgIpc) is 3.53. The Kier molecular flexibility index (Phi) is 11.7. The van der Waals surface area contributed by atoms with E-state index < -0.39 is 0 Å². The summed E-state index contributed by atoms with van der Waals surface area (Å²) in [6, 6.07) is 9.56. The molecular formula is C29H47N7. The van der Waals surface area contributed by atoms with E-state index in [1.165, 1.54) is 56.4 Å². The summed E-state index contributed by atoms with van der Waals surface area (Å²) < 4.78 is 2.08. The summed E-state index contributed by atoms with van der Waals surface area (Å²) in [5, 5.41) is 0. The van der Waals surface area contributed by atoms with E-state index >= 15 is 0 Å². The van der Waals surface area contributed by atoms with Crippen LogP contribution in [-0.4, -0.2) is 67.4 Å². The molecule has 0 aliphatic carbocycles. The van der Waals surface area contributed by atoms with Crippen LogP contribution in [0.1, 0.15) is 75.3 Å². The fourth-order valence-electron chi connectivity index (χ4n) is 4.79. The zero-order chi connectivity index (χ0) is 25.8. The van der Waals surface area contributed by atoms with E-state index in [0.29, 0.717) is 6.04 Å². The number of unbranched alkanes of at least 4 members (excludes halogenated alkanes) is 1. The Morgan fingerprint density at radius 2 is 1.58 bits per heavy atom. The number of nitrogens with zero attached hydrogens (tertiary/aromatic N) is 6. The lowest BCUT2D eigenvalue weighted by atomic mass is 10.0. The summed E-state index contributed by atoms with van der Waals surface area (Å²) >= 11 is 0. The normalized spacial score (nSPS) is 12.8. The second kappa shape index (κ2) is 14.9. The van der Waals surface area contributed by atoms with Crippen LogP contribution in [0.5, 0.6) is 0 Å². The number of hydrogen-bond acceptors (Lipinski definition) is 5. The van der Waals surface area contributed by atoms with Gasteiger partial charge in [-0.15, -0.1) is 0 Å². The smallest absolute Gasteiger partial charge is 0.122 e. The molecule has 0 aliphatic heterocycles. The molecule has 0 bridgehead atoms. The fourth-order valence-corrected chi connectivity index (χ4v) is 4.79. The molecule has 0 aliphatic rings. The lowest BCUT2D eigenvalue weighted by Crippen LogP contribution is -2.28. The largest absolute Gasteiger partial charge is 0.348 e. The van der Waals surface area contributed by atoms with Gasteiger partial charge in [-0.1, -0.05) is 38.1 Å². The van der Waals surface area contributed by atoms with Gasteiger partial charge in [-0.2, -0.15) is 0 Å². The number of imidazole rings is 2.